The molecule has 0 aliphatic carbocycles. The molecular formula is C33H36F3N5O4. The predicted octanol–water partition coefficient (Wildman–Crippen LogP) is 4.57. The number of aliphatic hydroxyl groups is 2. The summed E-state index contributed by atoms with van der Waals surface area (Å²) in [4.78, 5) is 15.1. The second-order valence-electron chi connectivity index (χ2n) is 12.6. The molecule has 4 N–H and O–H groups in total. The number of benzene rings is 2. The Bertz CT molecular complexity index is 1760. The highest BCUT2D eigenvalue weighted by Gasteiger charge is 2.49. The Morgan fingerprint density at radius 1 is 1.07 bits per heavy atom. The fourth-order valence-corrected chi connectivity index (χ4v) is 7.74. The number of hydrogen-bond donors (Lipinski definition) is 4. The van der Waals surface area contributed by atoms with Crippen LogP contribution in [0.15, 0.2) is 36.7 Å². The average molecular weight is 624 g/mol. The van der Waals surface area contributed by atoms with Crippen LogP contribution in [0.5, 0.6) is 11.8 Å². The van der Waals surface area contributed by atoms with Crippen LogP contribution in [0.25, 0.3) is 21.7 Å². The second-order valence-corrected chi connectivity index (χ2v) is 12.6. The Morgan fingerprint density at radius 3 is 2.67 bits per heavy atom. The van der Waals surface area contributed by atoms with Crippen molar-refractivity contribution in [3.63, 3.8) is 0 Å². The molecule has 0 amide bonds. The zero-order valence-corrected chi connectivity index (χ0v) is 24.9. The van der Waals surface area contributed by atoms with E-state index in [2.05, 4.69) is 25.2 Å². The predicted molar refractivity (Wildman–Crippen MR) is 161 cm³/mol. The molecule has 5 heterocycles. The van der Waals surface area contributed by atoms with Gasteiger partial charge in [0.15, 0.2) is 5.82 Å². The third-order valence-electron chi connectivity index (χ3n) is 9.86. The van der Waals surface area contributed by atoms with E-state index in [9.17, 15) is 19.7 Å². The van der Waals surface area contributed by atoms with Gasteiger partial charge in [0.2, 0.25) is 0 Å². The number of aromatic nitrogens is 3. The molecule has 0 spiro atoms. The number of rotatable bonds is 6. The summed E-state index contributed by atoms with van der Waals surface area (Å²) in [7, 11) is 0. The lowest BCUT2D eigenvalue weighted by Gasteiger charge is -2.31. The lowest BCUT2D eigenvalue weighted by atomic mass is 9.90. The molecule has 238 valence electrons. The molecule has 7 rings (SSSR count). The van der Waals surface area contributed by atoms with Gasteiger partial charge in [0, 0.05) is 24.5 Å². The van der Waals surface area contributed by atoms with Gasteiger partial charge in [-0.3, -0.25) is 15.2 Å². The number of aromatic hydroxyl groups is 1. The standard InChI is InChI=1S/C33H36F3N5O4/c1-2-20-23(35)5-4-17-10-19(42)11-21(27(17)20)29-25(43)6-7-26(44)31(38-29)30-22-13-37-14-24(36)28(22)39-32(40-30)45-16-33-8-3-9-41(33)15-18(34)12-33/h4-5,10-11,13-14,18,25-26,29,31,38,42-44H,2-3,6-9,12,15-16H2,1H3/t18-,25?,26?,29?,31?,33+/m1/s1. The maximum absolute atomic E-state index is 15.2. The van der Waals surface area contributed by atoms with Gasteiger partial charge >= 0.3 is 6.01 Å². The Hall–Kier alpha value is -3.58. The van der Waals surface area contributed by atoms with Crippen LogP contribution < -0.4 is 10.1 Å². The molecule has 3 aliphatic heterocycles. The number of pyridine rings is 1. The van der Waals surface area contributed by atoms with Crippen molar-refractivity contribution in [1.82, 2.24) is 25.2 Å². The number of hydrogen-bond acceptors (Lipinski definition) is 9. The summed E-state index contributed by atoms with van der Waals surface area (Å²) in [6.07, 6.45) is 2.17. The molecule has 12 heteroatoms. The topological polar surface area (TPSA) is 124 Å². The van der Waals surface area contributed by atoms with Crippen molar-refractivity contribution < 1.29 is 33.2 Å². The van der Waals surface area contributed by atoms with Gasteiger partial charge in [0.1, 0.15) is 29.9 Å². The molecule has 3 fully saturated rings. The van der Waals surface area contributed by atoms with Crippen molar-refractivity contribution in [1.29, 1.82) is 0 Å². The lowest BCUT2D eigenvalue weighted by Crippen LogP contribution is -2.43. The molecular weight excluding hydrogens is 587 g/mol. The van der Waals surface area contributed by atoms with Crippen molar-refractivity contribution >= 4 is 21.7 Å². The summed E-state index contributed by atoms with van der Waals surface area (Å²) in [6, 6.07) is 4.05. The number of phenols is 1. The molecule has 4 aromatic rings. The van der Waals surface area contributed by atoms with E-state index in [4.69, 9.17) is 4.74 Å². The number of nitrogens with one attached hydrogen (secondary N) is 1. The van der Waals surface area contributed by atoms with Gasteiger partial charge < -0.3 is 20.1 Å². The van der Waals surface area contributed by atoms with E-state index in [1.807, 2.05) is 6.92 Å². The number of alkyl halides is 1. The average Bonchev–Trinajstić information content (AvgIpc) is 3.50. The van der Waals surface area contributed by atoms with Gasteiger partial charge in [-0.1, -0.05) is 13.0 Å². The highest BCUT2D eigenvalue weighted by molar-refractivity contribution is 5.91. The molecule has 2 aromatic carbocycles. The monoisotopic (exact) mass is 623 g/mol. The fraction of sp³-hybridized carbons (Fsp3) is 0.485. The van der Waals surface area contributed by atoms with Crippen LogP contribution in [-0.4, -0.2) is 78.8 Å². The summed E-state index contributed by atoms with van der Waals surface area (Å²) in [5.74, 6) is -1.16. The maximum Gasteiger partial charge on any atom is 0.317 e. The van der Waals surface area contributed by atoms with Crippen LogP contribution in [0.2, 0.25) is 0 Å². The SMILES string of the molecule is CCc1c(F)ccc2cc(O)cc(C3NC(c4nc(OC[C@@]56CCCN5C[C@H](F)C6)nc5c(F)cncc45)C(O)CCC3O)c12. The summed E-state index contributed by atoms with van der Waals surface area (Å²) in [5, 5.41) is 38.2. The molecule has 2 aromatic heterocycles. The first-order valence-electron chi connectivity index (χ1n) is 15.6. The summed E-state index contributed by atoms with van der Waals surface area (Å²) < 4.78 is 50.7. The number of phenolic OH excluding ortho intramolecular Hbond substituents is 1. The second kappa shape index (κ2) is 11.7. The summed E-state index contributed by atoms with van der Waals surface area (Å²) in [5.41, 5.74) is 0.598. The Morgan fingerprint density at radius 2 is 1.87 bits per heavy atom. The molecule has 0 radical (unpaired) electrons. The van der Waals surface area contributed by atoms with Crippen LogP contribution in [0.1, 0.15) is 67.9 Å². The van der Waals surface area contributed by atoms with E-state index < -0.39 is 47.6 Å². The third kappa shape index (κ3) is 5.27. The minimum Gasteiger partial charge on any atom is -0.508 e. The Balaban J connectivity index is 1.31. The van der Waals surface area contributed by atoms with Crippen molar-refractivity contribution in [3.05, 3.63) is 65.1 Å². The van der Waals surface area contributed by atoms with E-state index in [1.54, 1.807) is 12.1 Å². The minimum absolute atomic E-state index is 0.0472. The number of fused-ring (bicyclic) bond motifs is 3. The number of nitrogens with zero attached hydrogens (tertiary/aromatic N) is 4. The van der Waals surface area contributed by atoms with Crippen LogP contribution >= 0.6 is 0 Å². The van der Waals surface area contributed by atoms with E-state index >= 15 is 8.78 Å². The van der Waals surface area contributed by atoms with Gasteiger partial charge in [-0.2, -0.15) is 9.97 Å². The maximum atomic E-state index is 15.2. The molecule has 3 aliphatic rings. The zero-order valence-electron chi connectivity index (χ0n) is 24.9. The third-order valence-corrected chi connectivity index (χ3v) is 9.86. The van der Waals surface area contributed by atoms with Gasteiger partial charge in [0.05, 0.1) is 41.7 Å². The molecule has 9 nitrogen and oxygen atoms in total. The van der Waals surface area contributed by atoms with Gasteiger partial charge in [-0.25, -0.2) is 13.2 Å². The van der Waals surface area contributed by atoms with Gasteiger partial charge in [-0.05, 0) is 78.7 Å². The Kier molecular flexibility index (Phi) is 7.79. The van der Waals surface area contributed by atoms with E-state index in [0.29, 0.717) is 41.3 Å². The number of ether oxygens (including phenoxy) is 1. The fourth-order valence-electron chi connectivity index (χ4n) is 7.74. The van der Waals surface area contributed by atoms with Crippen molar-refractivity contribution in [3.8, 4) is 11.8 Å². The van der Waals surface area contributed by atoms with E-state index in [1.165, 1.54) is 18.3 Å². The molecule has 6 atom stereocenters. The molecule has 0 saturated carbocycles. The minimum atomic E-state index is -1.07. The number of aliphatic hydroxyl groups excluding tert-OH is 2. The molecule has 45 heavy (non-hydrogen) atoms. The van der Waals surface area contributed by atoms with Crippen LogP contribution in [0, 0.1) is 11.6 Å². The van der Waals surface area contributed by atoms with E-state index in [-0.39, 0.29) is 47.8 Å². The normalized spacial score (nSPS) is 28.9. The van der Waals surface area contributed by atoms with Gasteiger partial charge in [0.25, 0.3) is 0 Å². The number of halogens is 3. The highest BCUT2D eigenvalue weighted by Crippen LogP contribution is 2.42. The van der Waals surface area contributed by atoms with Gasteiger partial charge in [-0.15, -0.1) is 0 Å². The molecule has 4 unspecified atom stereocenters. The largest absolute Gasteiger partial charge is 0.508 e. The first kappa shape index (κ1) is 30.1. The van der Waals surface area contributed by atoms with Crippen molar-refractivity contribution in [2.75, 3.05) is 19.7 Å². The molecule has 0 bridgehead atoms. The summed E-state index contributed by atoms with van der Waals surface area (Å²) in [6.45, 7) is 3.09. The van der Waals surface area contributed by atoms with E-state index in [0.717, 1.165) is 25.6 Å². The first-order chi connectivity index (χ1) is 21.7. The molecule has 3 saturated heterocycles. The highest BCUT2D eigenvalue weighted by atomic mass is 19.1. The van der Waals surface area contributed by atoms with Crippen LogP contribution in [-0.2, 0) is 6.42 Å². The number of aryl methyl sites for hydroxylation is 1. The zero-order chi connectivity index (χ0) is 31.5. The Labute approximate surface area is 258 Å². The van der Waals surface area contributed by atoms with Crippen LogP contribution in [0.3, 0.4) is 0 Å². The quantitative estimate of drug-likeness (QED) is 0.245. The lowest BCUT2D eigenvalue weighted by molar-refractivity contribution is 0.105. The smallest absolute Gasteiger partial charge is 0.317 e. The van der Waals surface area contributed by atoms with Crippen LogP contribution in [0.4, 0.5) is 13.2 Å². The van der Waals surface area contributed by atoms with Crippen molar-refractivity contribution in [2.45, 2.75) is 81.5 Å². The summed E-state index contributed by atoms with van der Waals surface area (Å²) >= 11 is 0. The van der Waals surface area contributed by atoms with Crippen molar-refractivity contribution in [2.24, 2.45) is 0 Å². The first-order valence-corrected chi connectivity index (χ1v) is 15.6.